The van der Waals surface area contributed by atoms with E-state index in [4.69, 9.17) is 9.15 Å². The van der Waals surface area contributed by atoms with Crippen LogP contribution in [0.4, 0.5) is 5.69 Å². The molecule has 1 amide bonds. The highest BCUT2D eigenvalue weighted by molar-refractivity contribution is 7.89. The molecular weight excluding hydrogens is 390 g/mol. The van der Waals surface area contributed by atoms with E-state index in [-0.39, 0.29) is 18.8 Å². The number of rotatable bonds is 7. The van der Waals surface area contributed by atoms with Gasteiger partial charge in [-0.15, -0.1) is 0 Å². The molecule has 0 saturated carbocycles. The topological polar surface area (TPSA) is 132 Å². The molecule has 0 radical (unpaired) electrons. The Hall–Kier alpha value is -2.92. The molecule has 0 bridgehead atoms. The van der Waals surface area contributed by atoms with Gasteiger partial charge in [0.1, 0.15) is 17.6 Å². The SMILES string of the molecule is COc1ccc(S(=O)(=O)N2CCCC2C(=O)NCc2ccco2)c([N+](=O)[O-])c1. The number of amides is 1. The zero-order valence-electron chi connectivity index (χ0n) is 15.0. The smallest absolute Gasteiger partial charge is 0.293 e. The molecule has 1 aromatic carbocycles. The quantitative estimate of drug-likeness (QED) is 0.543. The van der Waals surface area contributed by atoms with E-state index in [1.54, 1.807) is 12.1 Å². The van der Waals surface area contributed by atoms with Crippen molar-refractivity contribution in [2.45, 2.75) is 30.3 Å². The van der Waals surface area contributed by atoms with Crippen LogP contribution in [0.25, 0.3) is 0 Å². The third kappa shape index (κ3) is 3.85. The molecule has 0 aliphatic carbocycles. The number of hydrogen-bond acceptors (Lipinski definition) is 7. The average Bonchev–Trinajstić information content (AvgIpc) is 3.37. The lowest BCUT2D eigenvalue weighted by molar-refractivity contribution is -0.387. The van der Waals surface area contributed by atoms with Crippen LogP contribution in [0.3, 0.4) is 0 Å². The molecule has 2 heterocycles. The lowest BCUT2D eigenvalue weighted by atomic mass is 10.2. The summed E-state index contributed by atoms with van der Waals surface area (Å²) in [5.74, 6) is 0.222. The largest absolute Gasteiger partial charge is 0.497 e. The monoisotopic (exact) mass is 409 g/mol. The number of nitro groups is 1. The normalized spacial score (nSPS) is 17.4. The van der Waals surface area contributed by atoms with Gasteiger partial charge in [-0.1, -0.05) is 0 Å². The first-order valence-electron chi connectivity index (χ1n) is 8.49. The van der Waals surface area contributed by atoms with Crippen LogP contribution in [0.5, 0.6) is 5.75 Å². The van der Waals surface area contributed by atoms with Gasteiger partial charge in [0.25, 0.3) is 15.7 Å². The van der Waals surface area contributed by atoms with Crippen molar-refractivity contribution in [2.24, 2.45) is 0 Å². The maximum absolute atomic E-state index is 13.1. The Balaban J connectivity index is 1.86. The first-order valence-corrected chi connectivity index (χ1v) is 9.93. The van der Waals surface area contributed by atoms with Gasteiger partial charge < -0.3 is 14.5 Å². The molecule has 1 N–H and O–H groups in total. The van der Waals surface area contributed by atoms with Crippen molar-refractivity contribution in [2.75, 3.05) is 13.7 Å². The molecule has 11 heteroatoms. The van der Waals surface area contributed by atoms with Gasteiger partial charge in [-0.3, -0.25) is 14.9 Å². The molecule has 3 rings (SSSR count). The van der Waals surface area contributed by atoms with Gasteiger partial charge in [-0.2, -0.15) is 4.31 Å². The molecule has 1 aromatic heterocycles. The summed E-state index contributed by atoms with van der Waals surface area (Å²) < 4.78 is 37.3. The number of nitrogens with one attached hydrogen (secondary N) is 1. The number of benzene rings is 1. The van der Waals surface area contributed by atoms with E-state index in [0.717, 1.165) is 16.4 Å². The van der Waals surface area contributed by atoms with Crippen molar-refractivity contribution in [3.8, 4) is 5.75 Å². The number of methoxy groups -OCH3 is 1. The average molecular weight is 409 g/mol. The second-order valence-electron chi connectivity index (χ2n) is 6.16. The number of ether oxygens (including phenoxy) is 1. The highest BCUT2D eigenvalue weighted by atomic mass is 32.2. The van der Waals surface area contributed by atoms with Crippen LogP contribution in [-0.4, -0.2) is 43.2 Å². The van der Waals surface area contributed by atoms with Crippen LogP contribution in [0.15, 0.2) is 45.9 Å². The van der Waals surface area contributed by atoms with E-state index >= 15 is 0 Å². The lowest BCUT2D eigenvalue weighted by Gasteiger charge is -2.23. The van der Waals surface area contributed by atoms with Crippen molar-refractivity contribution in [3.05, 3.63) is 52.5 Å². The maximum atomic E-state index is 13.1. The molecule has 2 aromatic rings. The summed E-state index contributed by atoms with van der Waals surface area (Å²) in [7, 11) is -2.93. The molecule has 1 aliphatic heterocycles. The van der Waals surface area contributed by atoms with Crippen LogP contribution >= 0.6 is 0 Å². The van der Waals surface area contributed by atoms with Gasteiger partial charge in [-0.25, -0.2) is 8.42 Å². The Bertz CT molecular complexity index is 973. The number of hydrogen-bond donors (Lipinski definition) is 1. The standard InChI is InChI=1S/C17H19N3O7S/c1-26-12-6-7-16(15(10-12)20(22)23)28(24,25)19-8-2-5-14(19)17(21)18-11-13-4-3-9-27-13/h3-4,6-7,9-10,14H,2,5,8,11H2,1H3,(H,18,21). The molecule has 1 atom stereocenters. The zero-order valence-corrected chi connectivity index (χ0v) is 15.8. The minimum atomic E-state index is -4.25. The van der Waals surface area contributed by atoms with Gasteiger partial charge in [0.2, 0.25) is 5.91 Å². The highest BCUT2D eigenvalue weighted by Gasteiger charge is 2.42. The molecule has 1 fully saturated rings. The van der Waals surface area contributed by atoms with Gasteiger partial charge in [0.15, 0.2) is 4.90 Å². The summed E-state index contributed by atoms with van der Waals surface area (Å²) >= 11 is 0. The van der Waals surface area contributed by atoms with Crippen LogP contribution in [0, 0.1) is 10.1 Å². The number of nitro benzene ring substituents is 1. The fourth-order valence-electron chi connectivity index (χ4n) is 3.11. The molecule has 1 aliphatic rings. The number of furan rings is 1. The predicted octanol–water partition coefficient (Wildman–Crippen LogP) is 1.67. The predicted molar refractivity (Wildman–Crippen MR) is 97.1 cm³/mol. The number of carbonyl (C=O) groups excluding carboxylic acids is 1. The summed E-state index contributed by atoms with van der Waals surface area (Å²) in [5.41, 5.74) is -0.596. The molecule has 28 heavy (non-hydrogen) atoms. The molecule has 10 nitrogen and oxygen atoms in total. The van der Waals surface area contributed by atoms with Gasteiger partial charge in [0.05, 0.1) is 30.9 Å². The fraction of sp³-hybridized carbons (Fsp3) is 0.353. The Labute approximate surface area is 161 Å². The van der Waals surface area contributed by atoms with Crippen LogP contribution in [0.2, 0.25) is 0 Å². The summed E-state index contributed by atoms with van der Waals surface area (Å²) in [6.07, 6.45) is 2.27. The minimum Gasteiger partial charge on any atom is -0.497 e. The maximum Gasteiger partial charge on any atom is 0.293 e. The van der Waals surface area contributed by atoms with Crippen LogP contribution in [0.1, 0.15) is 18.6 Å². The molecule has 1 saturated heterocycles. The second kappa shape index (κ2) is 7.98. The van der Waals surface area contributed by atoms with Crippen molar-refractivity contribution in [1.29, 1.82) is 0 Å². The number of nitrogens with zero attached hydrogens (tertiary/aromatic N) is 2. The highest BCUT2D eigenvalue weighted by Crippen LogP contribution is 2.33. The Morgan fingerprint density at radius 1 is 1.43 bits per heavy atom. The van der Waals surface area contributed by atoms with Crippen molar-refractivity contribution in [1.82, 2.24) is 9.62 Å². The molecule has 1 unspecified atom stereocenters. The van der Waals surface area contributed by atoms with E-state index in [2.05, 4.69) is 5.32 Å². The van der Waals surface area contributed by atoms with E-state index in [1.165, 1.54) is 19.4 Å². The zero-order chi connectivity index (χ0) is 20.3. The van der Waals surface area contributed by atoms with E-state index < -0.39 is 37.5 Å². The first-order chi connectivity index (χ1) is 13.3. The molecular formula is C17H19N3O7S. The van der Waals surface area contributed by atoms with Crippen molar-refractivity contribution >= 4 is 21.6 Å². The second-order valence-corrected chi connectivity index (χ2v) is 8.02. The molecule has 0 spiro atoms. The van der Waals surface area contributed by atoms with E-state index in [9.17, 15) is 23.3 Å². The minimum absolute atomic E-state index is 0.102. The summed E-state index contributed by atoms with van der Waals surface area (Å²) in [6, 6.07) is 5.93. The number of sulfonamides is 1. The van der Waals surface area contributed by atoms with E-state index in [1.807, 2.05) is 0 Å². The van der Waals surface area contributed by atoms with Crippen molar-refractivity contribution < 1.29 is 27.3 Å². The van der Waals surface area contributed by atoms with Crippen LogP contribution < -0.4 is 10.1 Å². The van der Waals surface area contributed by atoms with Gasteiger partial charge >= 0.3 is 0 Å². The summed E-state index contributed by atoms with van der Waals surface area (Å²) in [4.78, 5) is 22.7. The third-order valence-electron chi connectivity index (χ3n) is 4.47. The molecule has 150 valence electrons. The Morgan fingerprint density at radius 2 is 2.21 bits per heavy atom. The summed E-state index contributed by atoms with van der Waals surface area (Å²) in [5, 5.41) is 14.0. The fourth-order valence-corrected chi connectivity index (χ4v) is 4.90. The van der Waals surface area contributed by atoms with Crippen molar-refractivity contribution in [3.63, 3.8) is 0 Å². The Morgan fingerprint density at radius 3 is 2.86 bits per heavy atom. The van der Waals surface area contributed by atoms with Gasteiger partial charge in [0, 0.05) is 6.54 Å². The summed E-state index contributed by atoms with van der Waals surface area (Å²) in [6.45, 7) is 0.225. The van der Waals surface area contributed by atoms with Crippen LogP contribution in [-0.2, 0) is 21.4 Å². The lowest BCUT2D eigenvalue weighted by Crippen LogP contribution is -2.45. The van der Waals surface area contributed by atoms with Gasteiger partial charge in [-0.05, 0) is 37.1 Å². The first kappa shape index (κ1) is 19.8. The Kier molecular flexibility index (Phi) is 5.66. The third-order valence-corrected chi connectivity index (χ3v) is 6.43. The number of carbonyl (C=O) groups is 1. The van der Waals surface area contributed by atoms with E-state index in [0.29, 0.717) is 18.6 Å².